The Labute approximate surface area is 153 Å². The summed E-state index contributed by atoms with van der Waals surface area (Å²) >= 11 is 1.19. The zero-order valence-electron chi connectivity index (χ0n) is 14.7. The van der Waals surface area contributed by atoms with Crippen LogP contribution in [-0.2, 0) is 19.6 Å². The number of carbonyl (C=O) groups is 1. The van der Waals surface area contributed by atoms with E-state index in [0.29, 0.717) is 36.1 Å². The lowest BCUT2D eigenvalue weighted by molar-refractivity contribution is -0.126. The molecular weight excluding hydrogens is 360 g/mol. The summed E-state index contributed by atoms with van der Waals surface area (Å²) < 4.78 is 33.0. The second-order valence-corrected chi connectivity index (χ2v) is 10.2. The van der Waals surface area contributed by atoms with E-state index in [0.717, 1.165) is 12.8 Å². The molecule has 1 amide bonds. The van der Waals surface area contributed by atoms with Gasteiger partial charge in [-0.15, -0.1) is 11.3 Å². The average molecular weight is 387 g/mol. The number of amides is 1. The van der Waals surface area contributed by atoms with Crippen LogP contribution in [0.4, 0.5) is 0 Å². The summed E-state index contributed by atoms with van der Waals surface area (Å²) in [7, 11) is -3.59. The van der Waals surface area contributed by atoms with Gasteiger partial charge in [0.25, 0.3) is 10.0 Å². The molecule has 0 radical (unpaired) electrons. The maximum atomic E-state index is 12.8. The van der Waals surface area contributed by atoms with Crippen molar-refractivity contribution in [2.24, 2.45) is 5.92 Å². The predicted molar refractivity (Wildman–Crippen MR) is 97.0 cm³/mol. The van der Waals surface area contributed by atoms with Crippen LogP contribution in [0.15, 0.2) is 21.7 Å². The molecule has 0 aliphatic carbocycles. The van der Waals surface area contributed by atoms with Crippen molar-refractivity contribution in [3.8, 4) is 0 Å². The minimum absolute atomic E-state index is 0.0561. The Bertz CT molecular complexity index is 688. The number of ether oxygens (including phenoxy) is 1. The molecular formula is C17H26N2O4S2. The van der Waals surface area contributed by atoms with E-state index in [4.69, 9.17) is 4.74 Å². The third kappa shape index (κ3) is 4.07. The van der Waals surface area contributed by atoms with Crippen LogP contribution in [0.25, 0.3) is 0 Å². The molecule has 1 aromatic rings. The van der Waals surface area contributed by atoms with Crippen LogP contribution in [0.5, 0.6) is 0 Å². The molecule has 2 saturated heterocycles. The van der Waals surface area contributed by atoms with Gasteiger partial charge >= 0.3 is 0 Å². The van der Waals surface area contributed by atoms with Crippen molar-refractivity contribution in [1.82, 2.24) is 9.62 Å². The summed E-state index contributed by atoms with van der Waals surface area (Å²) in [5.74, 6) is 0.230. The molecule has 0 aromatic carbocycles. The van der Waals surface area contributed by atoms with Gasteiger partial charge in [0.05, 0.1) is 6.10 Å². The first kappa shape index (κ1) is 18.8. The number of nitrogens with one attached hydrogen (secondary N) is 1. The summed E-state index contributed by atoms with van der Waals surface area (Å²) in [6.45, 7) is 5.26. The maximum Gasteiger partial charge on any atom is 0.253 e. The van der Waals surface area contributed by atoms with Crippen LogP contribution < -0.4 is 5.32 Å². The van der Waals surface area contributed by atoms with Crippen LogP contribution >= 0.6 is 11.3 Å². The molecule has 25 heavy (non-hydrogen) atoms. The third-order valence-corrected chi connectivity index (χ3v) is 8.25. The maximum absolute atomic E-state index is 12.8. The number of nitrogens with zero attached hydrogens (tertiary/aromatic N) is 1. The molecule has 2 fully saturated rings. The highest BCUT2D eigenvalue weighted by Crippen LogP contribution is 2.29. The Balaban J connectivity index is 1.67. The second-order valence-electron chi connectivity index (χ2n) is 7.09. The van der Waals surface area contributed by atoms with Crippen molar-refractivity contribution in [3.63, 3.8) is 0 Å². The number of hydrogen-bond acceptors (Lipinski definition) is 5. The molecule has 2 aliphatic rings. The molecule has 3 rings (SSSR count). The molecule has 140 valence electrons. The molecule has 1 aromatic heterocycles. The van der Waals surface area contributed by atoms with Crippen molar-refractivity contribution < 1.29 is 17.9 Å². The van der Waals surface area contributed by atoms with Gasteiger partial charge in [-0.05, 0) is 43.0 Å². The first-order valence-corrected chi connectivity index (χ1v) is 11.2. The summed E-state index contributed by atoms with van der Waals surface area (Å²) in [4.78, 5) is 12.8. The Morgan fingerprint density at radius 2 is 2.20 bits per heavy atom. The fourth-order valence-electron chi connectivity index (χ4n) is 3.54. The predicted octanol–water partition coefficient (Wildman–Crippen LogP) is 2.22. The fourth-order valence-corrected chi connectivity index (χ4v) is 6.31. The fraction of sp³-hybridized carbons (Fsp3) is 0.706. The number of carbonyl (C=O) groups excluding carboxylic acids is 1. The number of sulfonamides is 1. The largest absolute Gasteiger partial charge is 0.378 e. The SMILES string of the molecule is CC(C)[C@@H]1C[C@@H](NC(=O)[C@@H]2CCCN2S(=O)(=O)c2cccs2)CCO1. The minimum atomic E-state index is -3.59. The van der Waals surface area contributed by atoms with Gasteiger partial charge < -0.3 is 10.1 Å². The van der Waals surface area contributed by atoms with Gasteiger partial charge in [0, 0.05) is 19.2 Å². The Morgan fingerprint density at radius 1 is 1.40 bits per heavy atom. The first-order valence-electron chi connectivity index (χ1n) is 8.87. The van der Waals surface area contributed by atoms with Crippen molar-refractivity contribution in [2.75, 3.05) is 13.2 Å². The molecule has 8 heteroatoms. The number of thiophene rings is 1. The molecule has 0 unspecified atom stereocenters. The lowest BCUT2D eigenvalue weighted by Crippen LogP contribution is -2.51. The lowest BCUT2D eigenvalue weighted by Gasteiger charge is -2.33. The summed E-state index contributed by atoms with van der Waals surface area (Å²) in [6, 6.07) is 2.77. The Morgan fingerprint density at radius 3 is 2.88 bits per heavy atom. The average Bonchev–Trinajstić information content (AvgIpc) is 3.27. The highest BCUT2D eigenvalue weighted by Gasteiger charge is 2.40. The van der Waals surface area contributed by atoms with Crippen LogP contribution in [0.1, 0.15) is 39.5 Å². The summed E-state index contributed by atoms with van der Waals surface area (Å²) in [6.07, 6.45) is 3.00. The van der Waals surface area contributed by atoms with Crippen molar-refractivity contribution in [1.29, 1.82) is 0 Å². The van der Waals surface area contributed by atoms with Gasteiger partial charge in [-0.1, -0.05) is 19.9 Å². The second kappa shape index (κ2) is 7.73. The lowest BCUT2D eigenvalue weighted by atomic mass is 9.95. The van der Waals surface area contributed by atoms with Crippen LogP contribution in [-0.4, -0.2) is 50.0 Å². The van der Waals surface area contributed by atoms with E-state index >= 15 is 0 Å². The molecule has 3 atom stereocenters. The number of hydrogen-bond donors (Lipinski definition) is 1. The van der Waals surface area contributed by atoms with Crippen LogP contribution in [0.3, 0.4) is 0 Å². The minimum Gasteiger partial charge on any atom is -0.378 e. The van der Waals surface area contributed by atoms with E-state index in [1.165, 1.54) is 15.6 Å². The van der Waals surface area contributed by atoms with Gasteiger partial charge in [-0.3, -0.25) is 4.79 Å². The highest BCUT2D eigenvalue weighted by molar-refractivity contribution is 7.91. The van der Waals surface area contributed by atoms with Crippen molar-refractivity contribution >= 4 is 27.3 Å². The molecule has 0 saturated carbocycles. The van der Waals surface area contributed by atoms with E-state index in [2.05, 4.69) is 19.2 Å². The Hall–Kier alpha value is -0.960. The quantitative estimate of drug-likeness (QED) is 0.842. The van der Waals surface area contributed by atoms with Crippen molar-refractivity contribution in [2.45, 2.75) is 61.9 Å². The van der Waals surface area contributed by atoms with Crippen LogP contribution in [0, 0.1) is 5.92 Å². The first-order chi connectivity index (χ1) is 11.9. The summed E-state index contributed by atoms with van der Waals surface area (Å²) in [5.41, 5.74) is 0. The van der Waals surface area contributed by atoms with Gasteiger partial charge in [-0.2, -0.15) is 4.31 Å². The van der Waals surface area contributed by atoms with Crippen LogP contribution in [0.2, 0.25) is 0 Å². The number of rotatable bonds is 5. The molecule has 3 heterocycles. The molecule has 1 N–H and O–H groups in total. The van der Waals surface area contributed by atoms with Gasteiger partial charge in [0.2, 0.25) is 5.91 Å². The van der Waals surface area contributed by atoms with E-state index in [1.54, 1.807) is 17.5 Å². The van der Waals surface area contributed by atoms with Gasteiger partial charge in [0.15, 0.2) is 0 Å². The van der Waals surface area contributed by atoms with E-state index in [9.17, 15) is 13.2 Å². The molecule has 0 spiro atoms. The standard InChI is InChI=1S/C17H26N2O4S2/c1-12(2)15-11-13(7-9-23-15)18-17(20)14-5-3-8-19(14)25(21,22)16-6-4-10-24-16/h4,6,10,12-15H,3,5,7-9,11H2,1-2H3,(H,18,20)/t13-,14-,15-/m0/s1. The van der Waals surface area contributed by atoms with Gasteiger partial charge in [-0.25, -0.2) is 8.42 Å². The zero-order valence-corrected chi connectivity index (χ0v) is 16.3. The van der Waals surface area contributed by atoms with E-state index < -0.39 is 16.1 Å². The normalized spacial score (nSPS) is 28.4. The topological polar surface area (TPSA) is 75.7 Å². The smallest absolute Gasteiger partial charge is 0.253 e. The molecule has 2 aliphatic heterocycles. The molecule has 6 nitrogen and oxygen atoms in total. The monoisotopic (exact) mass is 386 g/mol. The molecule has 0 bridgehead atoms. The highest BCUT2D eigenvalue weighted by atomic mass is 32.2. The van der Waals surface area contributed by atoms with E-state index in [-0.39, 0.29) is 18.1 Å². The van der Waals surface area contributed by atoms with E-state index in [1.807, 2.05) is 0 Å². The van der Waals surface area contributed by atoms with Gasteiger partial charge in [0.1, 0.15) is 10.3 Å². The zero-order chi connectivity index (χ0) is 18.0. The third-order valence-electron chi connectivity index (χ3n) is 4.97. The Kier molecular flexibility index (Phi) is 5.82. The summed E-state index contributed by atoms with van der Waals surface area (Å²) in [5, 5.41) is 4.81. The van der Waals surface area contributed by atoms with Crippen molar-refractivity contribution in [3.05, 3.63) is 17.5 Å².